The van der Waals surface area contributed by atoms with Crippen molar-refractivity contribution >= 4 is 27.5 Å². The van der Waals surface area contributed by atoms with Crippen LogP contribution in [0.25, 0.3) is 5.69 Å². The molecule has 26 heavy (non-hydrogen) atoms. The Hall–Kier alpha value is -1.90. The highest BCUT2D eigenvalue weighted by atomic mass is 35.5. The van der Waals surface area contributed by atoms with Gasteiger partial charge in [-0.15, -0.1) is 0 Å². The van der Waals surface area contributed by atoms with Gasteiger partial charge in [0.25, 0.3) is 5.91 Å². The lowest BCUT2D eigenvalue weighted by atomic mass is 10.1. The number of carbonyl (C=O) groups excluding carboxylic acids is 1. The summed E-state index contributed by atoms with van der Waals surface area (Å²) in [6, 6.07) is 7.17. The first kappa shape index (κ1) is 18.9. The van der Waals surface area contributed by atoms with E-state index >= 15 is 0 Å². The van der Waals surface area contributed by atoms with Gasteiger partial charge in [-0.25, -0.2) is 13.1 Å². The third-order valence-electron chi connectivity index (χ3n) is 4.56. The van der Waals surface area contributed by atoms with Gasteiger partial charge in [-0.1, -0.05) is 11.6 Å². The monoisotopic (exact) mass is 396 g/mol. The van der Waals surface area contributed by atoms with E-state index in [2.05, 4.69) is 5.10 Å². The van der Waals surface area contributed by atoms with E-state index in [1.807, 2.05) is 26.0 Å². The van der Waals surface area contributed by atoms with Gasteiger partial charge in [0.1, 0.15) is 0 Å². The molecule has 1 saturated heterocycles. The van der Waals surface area contributed by atoms with Crippen molar-refractivity contribution in [1.29, 1.82) is 0 Å². The molecule has 140 valence electrons. The largest absolute Gasteiger partial charge is 0.336 e. The van der Waals surface area contributed by atoms with Crippen molar-refractivity contribution in [2.45, 2.75) is 13.8 Å². The lowest BCUT2D eigenvalue weighted by Crippen LogP contribution is -2.50. The van der Waals surface area contributed by atoms with E-state index in [0.29, 0.717) is 36.8 Å². The maximum Gasteiger partial charge on any atom is 0.253 e. The van der Waals surface area contributed by atoms with Gasteiger partial charge in [0, 0.05) is 31.7 Å². The van der Waals surface area contributed by atoms with Crippen molar-refractivity contribution in [2.75, 3.05) is 32.4 Å². The predicted molar refractivity (Wildman–Crippen MR) is 100 cm³/mol. The molecular weight excluding hydrogens is 376 g/mol. The number of hydrogen-bond donors (Lipinski definition) is 0. The average Bonchev–Trinajstić information content (AvgIpc) is 2.88. The van der Waals surface area contributed by atoms with Crippen LogP contribution in [0.4, 0.5) is 0 Å². The van der Waals surface area contributed by atoms with Crippen LogP contribution in [0, 0.1) is 13.8 Å². The quantitative estimate of drug-likeness (QED) is 0.793. The molecule has 2 heterocycles. The van der Waals surface area contributed by atoms with Crippen molar-refractivity contribution in [3.05, 3.63) is 46.2 Å². The molecule has 9 heteroatoms. The van der Waals surface area contributed by atoms with E-state index in [-0.39, 0.29) is 5.91 Å². The van der Waals surface area contributed by atoms with E-state index in [9.17, 15) is 13.2 Å². The topological polar surface area (TPSA) is 75.5 Å². The maximum absolute atomic E-state index is 12.6. The Bertz CT molecular complexity index is 930. The second-order valence-electron chi connectivity index (χ2n) is 6.40. The van der Waals surface area contributed by atoms with Crippen molar-refractivity contribution in [1.82, 2.24) is 19.0 Å². The van der Waals surface area contributed by atoms with Crippen LogP contribution < -0.4 is 0 Å². The molecule has 2 aromatic rings. The maximum atomic E-state index is 12.6. The molecule has 1 aliphatic heterocycles. The number of hydrogen-bond acceptors (Lipinski definition) is 4. The average molecular weight is 397 g/mol. The molecule has 0 bridgehead atoms. The van der Waals surface area contributed by atoms with Crippen LogP contribution >= 0.6 is 11.6 Å². The lowest BCUT2D eigenvalue weighted by molar-refractivity contribution is 0.0698. The minimum Gasteiger partial charge on any atom is -0.336 e. The summed E-state index contributed by atoms with van der Waals surface area (Å²) in [5.74, 6) is -0.101. The number of rotatable bonds is 3. The molecule has 1 aromatic carbocycles. The number of aromatic nitrogens is 2. The number of halogens is 1. The normalized spacial score (nSPS) is 16.1. The molecular formula is C17H21ClN4O3S. The highest BCUT2D eigenvalue weighted by Gasteiger charge is 2.26. The fourth-order valence-corrected chi connectivity index (χ4v) is 3.97. The number of sulfonamides is 1. The van der Waals surface area contributed by atoms with Crippen molar-refractivity contribution in [3.8, 4) is 5.69 Å². The summed E-state index contributed by atoms with van der Waals surface area (Å²) in [6.45, 7) is 5.17. The number of piperazine rings is 1. The van der Waals surface area contributed by atoms with E-state index in [4.69, 9.17) is 11.6 Å². The van der Waals surface area contributed by atoms with Gasteiger partial charge < -0.3 is 4.90 Å². The van der Waals surface area contributed by atoms with Gasteiger partial charge in [0.05, 0.1) is 28.4 Å². The predicted octanol–water partition coefficient (Wildman–Crippen LogP) is 1.86. The summed E-state index contributed by atoms with van der Waals surface area (Å²) in [5.41, 5.74) is 3.00. The van der Waals surface area contributed by atoms with E-state index < -0.39 is 10.0 Å². The van der Waals surface area contributed by atoms with Crippen LogP contribution in [0.5, 0.6) is 0 Å². The summed E-state index contributed by atoms with van der Waals surface area (Å²) in [7, 11) is -3.21. The third-order valence-corrected chi connectivity index (χ3v) is 6.41. The number of aryl methyl sites for hydroxylation is 1. The second-order valence-corrected chi connectivity index (χ2v) is 8.76. The fraction of sp³-hybridized carbons (Fsp3) is 0.412. The van der Waals surface area contributed by atoms with Crippen LogP contribution in [0.15, 0.2) is 24.3 Å². The zero-order valence-electron chi connectivity index (χ0n) is 14.9. The Balaban J connectivity index is 1.73. The molecule has 0 unspecified atom stereocenters. The van der Waals surface area contributed by atoms with Gasteiger partial charge in [-0.05, 0) is 38.1 Å². The highest BCUT2D eigenvalue weighted by molar-refractivity contribution is 7.88. The molecule has 1 aromatic heterocycles. The van der Waals surface area contributed by atoms with Gasteiger partial charge in [0.15, 0.2) is 0 Å². The van der Waals surface area contributed by atoms with Crippen molar-refractivity contribution in [2.24, 2.45) is 0 Å². The first-order chi connectivity index (χ1) is 12.2. The summed E-state index contributed by atoms with van der Waals surface area (Å²) >= 11 is 6.18. The Kier molecular flexibility index (Phi) is 5.09. The Morgan fingerprint density at radius 3 is 2.12 bits per heavy atom. The third kappa shape index (κ3) is 3.62. The zero-order chi connectivity index (χ0) is 19.1. The van der Waals surface area contributed by atoms with E-state index in [0.717, 1.165) is 17.1 Å². The van der Waals surface area contributed by atoms with Crippen LogP contribution in [-0.4, -0.2) is 65.7 Å². The standard InChI is InChI=1S/C17H21ClN4O3S/c1-12-16(18)13(2)22(19-12)15-6-4-14(5-7-15)17(23)20-8-10-21(11-9-20)26(3,24)25/h4-7H,8-11H2,1-3H3. The van der Waals surface area contributed by atoms with Gasteiger partial charge in [0.2, 0.25) is 10.0 Å². The number of amides is 1. The van der Waals surface area contributed by atoms with Crippen LogP contribution in [-0.2, 0) is 10.0 Å². The Labute approximate surface area is 158 Å². The molecule has 7 nitrogen and oxygen atoms in total. The first-order valence-corrected chi connectivity index (χ1v) is 10.5. The summed E-state index contributed by atoms with van der Waals surface area (Å²) in [5, 5.41) is 5.04. The summed E-state index contributed by atoms with van der Waals surface area (Å²) in [6.07, 6.45) is 1.19. The van der Waals surface area contributed by atoms with Crippen molar-refractivity contribution < 1.29 is 13.2 Å². The molecule has 0 aliphatic carbocycles. The molecule has 0 saturated carbocycles. The summed E-state index contributed by atoms with van der Waals surface area (Å²) in [4.78, 5) is 14.3. The van der Waals surface area contributed by atoms with E-state index in [1.54, 1.807) is 21.7 Å². The second kappa shape index (κ2) is 7.02. The fourth-order valence-electron chi connectivity index (χ4n) is 3.03. The molecule has 0 radical (unpaired) electrons. The van der Waals surface area contributed by atoms with Gasteiger partial charge in [-0.3, -0.25) is 4.79 Å². The molecule has 0 atom stereocenters. The van der Waals surface area contributed by atoms with Crippen molar-refractivity contribution in [3.63, 3.8) is 0 Å². The minimum absolute atomic E-state index is 0.101. The molecule has 0 spiro atoms. The van der Waals surface area contributed by atoms with E-state index in [1.165, 1.54) is 10.6 Å². The highest BCUT2D eigenvalue weighted by Crippen LogP contribution is 2.22. The number of nitrogens with zero attached hydrogens (tertiary/aromatic N) is 4. The minimum atomic E-state index is -3.21. The Morgan fingerprint density at radius 1 is 1.08 bits per heavy atom. The van der Waals surface area contributed by atoms with Gasteiger partial charge in [-0.2, -0.15) is 9.40 Å². The van der Waals surface area contributed by atoms with Crippen LogP contribution in [0.2, 0.25) is 5.02 Å². The van der Waals surface area contributed by atoms with Gasteiger partial charge >= 0.3 is 0 Å². The number of carbonyl (C=O) groups is 1. The SMILES string of the molecule is Cc1nn(-c2ccc(C(=O)N3CCN(S(C)(=O)=O)CC3)cc2)c(C)c1Cl. The lowest BCUT2D eigenvalue weighted by Gasteiger charge is -2.33. The molecule has 0 N–H and O–H groups in total. The molecule has 1 fully saturated rings. The van der Waals surface area contributed by atoms with Crippen LogP contribution in [0.3, 0.4) is 0 Å². The first-order valence-electron chi connectivity index (χ1n) is 8.25. The Morgan fingerprint density at radius 2 is 1.65 bits per heavy atom. The number of benzene rings is 1. The summed E-state index contributed by atoms with van der Waals surface area (Å²) < 4.78 is 26.3. The smallest absolute Gasteiger partial charge is 0.253 e. The molecule has 1 amide bonds. The molecule has 3 rings (SSSR count). The zero-order valence-corrected chi connectivity index (χ0v) is 16.5. The molecule has 1 aliphatic rings. The van der Waals surface area contributed by atoms with Crippen LogP contribution in [0.1, 0.15) is 21.7 Å².